The van der Waals surface area contributed by atoms with E-state index in [4.69, 9.17) is 17.3 Å². The molecule has 1 aliphatic rings. The fraction of sp³-hybridized carbons (Fsp3) is 0.500. The Balaban J connectivity index is 2.37. The zero-order chi connectivity index (χ0) is 14.0. The molecule has 0 amide bonds. The third-order valence-corrected chi connectivity index (χ3v) is 4.11. The van der Waals surface area contributed by atoms with E-state index in [0.29, 0.717) is 12.1 Å². The molecular weight excluding hydrogens is 267 g/mol. The average Bonchev–Trinajstić information content (AvgIpc) is 2.84. The molecule has 1 heterocycles. The molecule has 1 aromatic carbocycles. The lowest BCUT2D eigenvalue weighted by atomic mass is 9.76. The number of halogens is 2. The summed E-state index contributed by atoms with van der Waals surface area (Å²) in [4.78, 5) is 12.7. The first-order valence-corrected chi connectivity index (χ1v) is 6.88. The summed E-state index contributed by atoms with van der Waals surface area (Å²) in [6.07, 6.45) is 2.49. The van der Waals surface area contributed by atoms with Gasteiger partial charge in [0.25, 0.3) is 0 Å². The zero-order valence-electron chi connectivity index (χ0n) is 10.9. The second-order valence-electron chi connectivity index (χ2n) is 5.14. The van der Waals surface area contributed by atoms with Gasteiger partial charge in [0.15, 0.2) is 5.78 Å². The summed E-state index contributed by atoms with van der Waals surface area (Å²) in [5, 5.41) is 3.32. The number of anilines is 1. The number of nitrogens with one attached hydrogen (secondary N) is 1. The standard InChI is InChI=1S/C14H18ClFN2O/c1-2-3-14(4-5-18-8-14)13(19)9-6-10(15)12(17)11(16)7-9/h6-7,18H,2-5,8,17H2,1H3. The molecule has 0 saturated carbocycles. The van der Waals surface area contributed by atoms with Crippen LogP contribution in [0, 0.1) is 11.2 Å². The summed E-state index contributed by atoms with van der Waals surface area (Å²) in [6, 6.07) is 2.66. The van der Waals surface area contributed by atoms with Gasteiger partial charge in [-0.1, -0.05) is 24.9 Å². The molecule has 104 valence electrons. The molecule has 1 aromatic rings. The Bertz CT molecular complexity index is 475. The summed E-state index contributed by atoms with van der Waals surface area (Å²) in [6.45, 7) is 3.50. The third-order valence-electron chi connectivity index (χ3n) is 3.80. The van der Waals surface area contributed by atoms with Crippen LogP contribution in [0.3, 0.4) is 0 Å². The molecule has 3 N–H and O–H groups in total. The van der Waals surface area contributed by atoms with Crippen molar-refractivity contribution in [1.82, 2.24) is 5.32 Å². The highest BCUT2D eigenvalue weighted by Crippen LogP contribution is 2.36. The molecule has 19 heavy (non-hydrogen) atoms. The molecule has 1 atom stereocenters. The molecule has 5 heteroatoms. The van der Waals surface area contributed by atoms with Crippen molar-refractivity contribution in [3.05, 3.63) is 28.5 Å². The van der Waals surface area contributed by atoms with Crippen molar-refractivity contribution in [2.45, 2.75) is 26.2 Å². The number of Topliss-reactive ketones (excluding diaryl/α,β-unsaturated/α-hetero) is 1. The minimum atomic E-state index is -0.631. The number of nitrogens with two attached hydrogens (primary N) is 1. The van der Waals surface area contributed by atoms with E-state index < -0.39 is 11.2 Å². The predicted molar refractivity (Wildman–Crippen MR) is 75.0 cm³/mol. The number of hydrogen-bond donors (Lipinski definition) is 2. The Morgan fingerprint density at radius 1 is 1.58 bits per heavy atom. The number of ketones is 1. The lowest BCUT2D eigenvalue weighted by Gasteiger charge is -2.26. The second kappa shape index (κ2) is 5.47. The quantitative estimate of drug-likeness (QED) is 0.660. The van der Waals surface area contributed by atoms with Crippen molar-refractivity contribution >= 4 is 23.1 Å². The van der Waals surface area contributed by atoms with Crippen LogP contribution in [0.25, 0.3) is 0 Å². The first kappa shape index (κ1) is 14.3. The fourth-order valence-electron chi connectivity index (χ4n) is 2.76. The Hall–Kier alpha value is -1.13. The van der Waals surface area contributed by atoms with Gasteiger partial charge in [-0.05, 0) is 31.5 Å². The average molecular weight is 285 g/mol. The zero-order valence-corrected chi connectivity index (χ0v) is 11.7. The molecule has 1 fully saturated rings. The molecule has 0 radical (unpaired) electrons. The summed E-state index contributed by atoms with van der Waals surface area (Å²) < 4.78 is 13.6. The summed E-state index contributed by atoms with van der Waals surface area (Å²) in [5.74, 6) is -0.673. The van der Waals surface area contributed by atoms with E-state index in [1.807, 2.05) is 6.92 Å². The molecule has 3 nitrogen and oxygen atoms in total. The van der Waals surface area contributed by atoms with E-state index in [9.17, 15) is 9.18 Å². The molecule has 0 aliphatic carbocycles. The van der Waals surface area contributed by atoms with Crippen LogP contribution < -0.4 is 11.1 Å². The van der Waals surface area contributed by atoms with E-state index in [0.717, 1.165) is 25.8 Å². The lowest BCUT2D eigenvalue weighted by Crippen LogP contribution is -2.33. The molecule has 2 rings (SSSR count). The number of benzene rings is 1. The van der Waals surface area contributed by atoms with Gasteiger partial charge >= 0.3 is 0 Å². The minimum Gasteiger partial charge on any atom is -0.395 e. The number of rotatable bonds is 4. The highest BCUT2D eigenvalue weighted by Gasteiger charge is 2.40. The SMILES string of the molecule is CCCC1(C(=O)c2cc(F)c(N)c(Cl)c2)CCNC1. The van der Waals surface area contributed by atoms with Crippen molar-refractivity contribution in [2.75, 3.05) is 18.8 Å². The van der Waals surface area contributed by atoms with Gasteiger partial charge in [-0.25, -0.2) is 4.39 Å². The highest BCUT2D eigenvalue weighted by molar-refractivity contribution is 6.33. The van der Waals surface area contributed by atoms with E-state index >= 15 is 0 Å². The van der Waals surface area contributed by atoms with Crippen molar-refractivity contribution in [1.29, 1.82) is 0 Å². The lowest BCUT2D eigenvalue weighted by molar-refractivity contribution is 0.0801. The summed E-state index contributed by atoms with van der Waals surface area (Å²) >= 11 is 5.86. The van der Waals surface area contributed by atoms with Crippen molar-refractivity contribution in [2.24, 2.45) is 5.41 Å². The van der Waals surface area contributed by atoms with Crippen molar-refractivity contribution in [3.63, 3.8) is 0 Å². The summed E-state index contributed by atoms with van der Waals surface area (Å²) in [7, 11) is 0. The van der Waals surface area contributed by atoms with Crippen LogP contribution in [0.1, 0.15) is 36.5 Å². The first-order chi connectivity index (χ1) is 9.00. The van der Waals surface area contributed by atoms with Gasteiger partial charge < -0.3 is 11.1 Å². The fourth-order valence-corrected chi connectivity index (χ4v) is 2.97. The summed E-state index contributed by atoms with van der Waals surface area (Å²) in [5.41, 5.74) is 5.24. The van der Waals surface area contributed by atoms with Gasteiger partial charge in [-0.15, -0.1) is 0 Å². The van der Waals surface area contributed by atoms with Crippen LogP contribution in [-0.4, -0.2) is 18.9 Å². The maximum Gasteiger partial charge on any atom is 0.170 e. The Morgan fingerprint density at radius 2 is 2.32 bits per heavy atom. The maximum atomic E-state index is 13.6. The number of hydrogen-bond acceptors (Lipinski definition) is 3. The Morgan fingerprint density at radius 3 is 2.84 bits per heavy atom. The van der Waals surface area contributed by atoms with Gasteiger partial charge in [0.05, 0.1) is 10.7 Å². The van der Waals surface area contributed by atoms with Gasteiger partial charge in [0.1, 0.15) is 5.82 Å². The Kier molecular flexibility index (Phi) is 4.11. The number of carbonyl (C=O) groups is 1. The van der Waals surface area contributed by atoms with Crippen LogP contribution in [-0.2, 0) is 0 Å². The van der Waals surface area contributed by atoms with Crippen LogP contribution in [0.4, 0.5) is 10.1 Å². The smallest absolute Gasteiger partial charge is 0.170 e. The number of nitrogen functional groups attached to an aromatic ring is 1. The first-order valence-electron chi connectivity index (χ1n) is 6.50. The van der Waals surface area contributed by atoms with Crippen molar-refractivity contribution < 1.29 is 9.18 Å². The van der Waals surface area contributed by atoms with Gasteiger partial charge in [-0.3, -0.25) is 4.79 Å². The topological polar surface area (TPSA) is 55.1 Å². The highest BCUT2D eigenvalue weighted by atomic mass is 35.5. The van der Waals surface area contributed by atoms with Crippen LogP contribution in [0.2, 0.25) is 5.02 Å². The third kappa shape index (κ3) is 2.60. The monoisotopic (exact) mass is 284 g/mol. The molecule has 1 saturated heterocycles. The molecule has 0 bridgehead atoms. The number of carbonyl (C=O) groups excluding carboxylic acids is 1. The van der Waals surface area contributed by atoms with Crippen LogP contribution in [0.15, 0.2) is 12.1 Å². The maximum absolute atomic E-state index is 13.6. The van der Waals surface area contributed by atoms with Gasteiger partial charge in [-0.2, -0.15) is 0 Å². The largest absolute Gasteiger partial charge is 0.395 e. The van der Waals surface area contributed by atoms with Crippen molar-refractivity contribution in [3.8, 4) is 0 Å². The predicted octanol–water partition coefficient (Wildman–Crippen LogP) is 3.02. The minimum absolute atomic E-state index is 0.0415. The molecule has 0 spiro atoms. The van der Waals surface area contributed by atoms with E-state index in [1.54, 1.807) is 0 Å². The molecular formula is C14H18ClFN2O. The van der Waals surface area contributed by atoms with E-state index in [1.165, 1.54) is 12.1 Å². The molecule has 1 unspecified atom stereocenters. The van der Waals surface area contributed by atoms with Gasteiger partial charge in [0.2, 0.25) is 0 Å². The van der Waals surface area contributed by atoms with E-state index in [2.05, 4.69) is 5.32 Å². The Labute approximate surface area is 117 Å². The van der Waals surface area contributed by atoms with E-state index in [-0.39, 0.29) is 16.5 Å². The second-order valence-corrected chi connectivity index (χ2v) is 5.55. The molecule has 1 aliphatic heterocycles. The van der Waals surface area contributed by atoms with Crippen LogP contribution >= 0.6 is 11.6 Å². The normalized spacial score (nSPS) is 22.7. The molecule has 0 aromatic heterocycles. The van der Waals surface area contributed by atoms with Gasteiger partial charge in [0, 0.05) is 17.5 Å². The van der Waals surface area contributed by atoms with Crippen LogP contribution in [0.5, 0.6) is 0 Å².